The van der Waals surface area contributed by atoms with Gasteiger partial charge in [-0.05, 0) is 36.8 Å². The van der Waals surface area contributed by atoms with Crippen LogP contribution in [0.3, 0.4) is 0 Å². The summed E-state index contributed by atoms with van der Waals surface area (Å²) < 4.78 is 4.92. The van der Waals surface area contributed by atoms with Gasteiger partial charge >= 0.3 is 12.0 Å². The molecule has 6 heteroatoms. The number of halogens is 1. The van der Waals surface area contributed by atoms with Gasteiger partial charge in [0.25, 0.3) is 0 Å². The van der Waals surface area contributed by atoms with Crippen molar-refractivity contribution in [2.24, 2.45) is 0 Å². The van der Waals surface area contributed by atoms with Crippen LogP contribution in [0.4, 0.5) is 16.2 Å². The minimum atomic E-state index is -0.411. The van der Waals surface area contributed by atoms with E-state index in [9.17, 15) is 9.59 Å². The maximum atomic E-state index is 12.0. The van der Waals surface area contributed by atoms with Gasteiger partial charge in [0, 0.05) is 22.0 Å². The van der Waals surface area contributed by atoms with Gasteiger partial charge in [-0.15, -0.1) is 0 Å². The zero-order valence-electron chi connectivity index (χ0n) is 11.8. The molecule has 0 saturated heterocycles. The van der Waals surface area contributed by atoms with E-state index >= 15 is 0 Å². The summed E-state index contributed by atoms with van der Waals surface area (Å²) in [6, 6.07) is 9.94. The Kier molecular flexibility index (Phi) is 3.73. The minimum Gasteiger partial charge on any atom is -0.457 e. The Morgan fingerprint density at radius 1 is 1.14 bits per heavy atom. The molecule has 2 aromatic carbocycles. The highest BCUT2D eigenvalue weighted by Crippen LogP contribution is 2.24. The van der Waals surface area contributed by atoms with Crippen LogP contribution < -0.4 is 10.6 Å². The van der Waals surface area contributed by atoms with Crippen LogP contribution in [-0.2, 0) is 11.3 Å². The van der Waals surface area contributed by atoms with Crippen LogP contribution in [0.1, 0.15) is 21.5 Å². The lowest BCUT2D eigenvalue weighted by molar-refractivity contribution is 0.0535. The number of carbonyl (C=O) groups is 2. The van der Waals surface area contributed by atoms with Crippen molar-refractivity contribution in [1.29, 1.82) is 0 Å². The third kappa shape index (κ3) is 2.89. The lowest BCUT2D eigenvalue weighted by atomic mass is 10.1. The van der Waals surface area contributed by atoms with E-state index in [0.717, 1.165) is 11.1 Å². The number of benzene rings is 2. The largest absolute Gasteiger partial charge is 0.457 e. The second-order valence-corrected chi connectivity index (χ2v) is 5.40. The Bertz CT molecular complexity index is 774. The maximum absolute atomic E-state index is 12.0. The second kappa shape index (κ2) is 5.69. The first-order valence-electron chi connectivity index (χ1n) is 6.67. The van der Waals surface area contributed by atoms with Crippen LogP contribution in [-0.4, -0.2) is 12.0 Å². The SMILES string of the molecule is Cc1ccc(NC(=O)Nc2ccc3c(c2)C(=O)OC3)cc1Cl. The van der Waals surface area contributed by atoms with E-state index in [4.69, 9.17) is 16.3 Å². The Balaban J connectivity index is 1.70. The summed E-state index contributed by atoms with van der Waals surface area (Å²) in [6.07, 6.45) is 0. The molecular formula is C16H13ClN2O3. The first-order chi connectivity index (χ1) is 10.5. The van der Waals surface area contributed by atoms with Crippen molar-refractivity contribution in [1.82, 2.24) is 0 Å². The number of hydrogen-bond acceptors (Lipinski definition) is 3. The lowest BCUT2D eigenvalue weighted by Crippen LogP contribution is -2.19. The molecule has 0 unspecified atom stereocenters. The van der Waals surface area contributed by atoms with Crippen LogP contribution >= 0.6 is 11.6 Å². The van der Waals surface area contributed by atoms with E-state index in [0.29, 0.717) is 22.0 Å². The molecular weight excluding hydrogens is 304 g/mol. The fourth-order valence-electron chi connectivity index (χ4n) is 2.16. The quantitative estimate of drug-likeness (QED) is 0.824. The first-order valence-corrected chi connectivity index (χ1v) is 7.05. The maximum Gasteiger partial charge on any atom is 0.338 e. The molecule has 0 saturated carbocycles. The van der Waals surface area contributed by atoms with Crippen molar-refractivity contribution in [3.63, 3.8) is 0 Å². The second-order valence-electron chi connectivity index (χ2n) is 4.99. The molecule has 22 heavy (non-hydrogen) atoms. The number of urea groups is 1. The fourth-order valence-corrected chi connectivity index (χ4v) is 2.34. The fraction of sp³-hybridized carbons (Fsp3) is 0.125. The highest BCUT2D eigenvalue weighted by atomic mass is 35.5. The number of carbonyl (C=O) groups excluding carboxylic acids is 2. The van der Waals surface area contributed by atoms with E-state index < -0.39 is 6.03 Å². The predicted molar refractivity (Wildman–Crippen MR) is 84.4 cm³/mol. The van der Waals surface area contributed by atoms with Gasteiger partial charge in [-0.3, -0.25) is 0 Å². The normalized spacial score (nSPS) is 12.5. The zero-order valence-corrected chi connectivity index (χ0v) is 12.5. The number of hydrogen-bond donors (Lipinski definition) is 2. The lowest BCUT2D eigenvalue weighted by Gasteiger charge is -2.09. The number of anilines is 2. The molecule has 3 rings (SSSR count). The number of fused-ring (bicyclic) bond motifs is 1. The summed E-state index contributed by atoms with van der Waals surface area (Å²) in [6.45, 7) is 2.16. The number of ether oxygens (including phenoxy) is 1. The molecule has 2 aromatic rings. The van der Waals surface area contributed by atoms with Crippen molar-refractivity contribution in [3.8, 4) is 0 Å². The molecule has 0 radical (unpaired) electrons. The molecule has 0 bridgehead atoms. The Morgan fingerprint density at radius 2 is 1.82 bits per heavy atom. The highest BCUT2D eigenvalue weighted by Gasteiger charge is 2.21. The van der Waals surface area contributed by atoms with Gasteiger partial charge in [0.2, 0.25) is 0 Å². The van der Waals surface area contributed by atoms with E-state index in [1.807, 2.05) is 13.0 Å². The molecule has 0 spiro atoms. The smallest absolute Gasteiger partial charge is 0.338 e. The van der Waals surface area contributed by atoms with E-state index in [2.05, 4.69) is 10.6 Å². The molecule has 0 aromatic heterocycles. The zero-order chi connectivity index (χ0) is 15.7. The average Bonchev–Trinajstić information content (AvgIpc) is 2.84. The van der Waals surface area contributed by atoms with E-state index in [1.54, 1.807) is 30.3 Å². The molecule has 1 aliphatic heterocycles. The van der Waals surface area contributed by atoms with Gasteiger partial charge in [-0.1, -0.05) is 23.7 Å². The van der Waals surface area contributed by atoms with Crippen molar-refractivity contribution >= 4 is 35.0 Å². The number of rotatable bonds is 2. The Labute approximate surface area is 132 Å². The number of esters is 1. The van der Waals surface area contributed by atoms with Crippen molar-refractivity contribution < 1.29 is 14.3 Å². The molecule has 0 atom stereocenters. The van der Waals surface area contributed by atoms with Crippen LogP contribution in [0.5, 0.6) is 0 Å². The third-order valence-electron chi connectivity index (χ3n) is 3.38. The van der Waals surface area contributed by atoms with Gasteiger partial charge in [-0.25, -0.2) is 9.59 Å². The molecule has 0 aliphatic carbocycles. The van der Waals surface area contributed by atoms with Crippen molar-refractivity contribution in [2.45, 2.75) is 13.5 Å². The van der Waals surface area contributed by atoms with Gasteiger partial charge in [0.15, 0.2) is 0 Å². The topological polar surface area (TPSA) is 67.4 Å². The monoisotopic (exact) mass is 316 g/mol. The van der Waals surface area contributed by atoms with Crippen LogP contribution in [0.25, 0.3) is 0 Å². The average molecular weight is 317 g/mol. The van der Waals surface area contributed by atoms with Crippen LogP contribution in [0.15, 0.2) is 36.4 Å². The third-order valence-corrected chi connectivity index (χ3v) is 3.78. The predicted octanol–water partition coefficient (Wildman–Crippen LogP) is 3.96. The van der Waals surface area contributed by atoms with Gasteiger partial charge in [0.1, 0.15) is 6.61 Å². The molecule has 5 nitrogen and oxygen atoms in total. The van der Waals surface area contributed by atoms with E-state index in [-0.39, 0.29) is 12.6 Å². The number of amides is 2. The Morgan fingerprint density at radius 3 is 2.55 bits per heavy atom. The molecule has 2 N–H and O–H groups in total. The number of nitrogens with one attached hydrogen (secondary N) is 2. The van der Waals surface area contributed by atoms with Crippen molar-refractivity contribution in [3.05, 3.63) is 58.1 Å². The molecule has 1 heterocycles. The van der Waals surface area contributed by atoms with Gasteiger partial charge < -0.3 is 15.4 Å². The van der Waals surface area contributed by atoms with E-state index in [1.165, 1.54) is 0 Å². The molecule has 0 fully saturated rings. The summed E-state index contributed by atoms with van der Waals surface area (Å²) in [5.41, 5.74) is 3.35. The molecule has 2 amide bonds. The molecule has 112 valence electrons. The van der Waals surface area contributed by atoms with Crippen molar-refractivity contribution in [2.75, 3.05) is 10.6 Å². The molecule has 1 aliphatic rings. The summed E-state index contributed by atoms with van der Waals surface area (Å²) in [5.74, 6) is -0.371. The standard InChI is InChI=1S/C16H13ClN2O3/c1-9-2-4-12(7-14(9)17)19-16(21)18-11-5-3-10-8-22-15(20)13(10)6-11/h2-7H,8H2,1H3,(H2,18,19,21). The van der Waals surface area contributed by atoms with Crippen LogP contribution in [0, 0.1) is 6.92 Å². The Hall–Kier alpha value is -2.53. The minimum absolute atomic E-state index is 0.280. The van der Waals surface area contributed by atoms with Gasteiger partial charge in [-0.2, -0.15) is 0 Å². The summed E-state index contributed by atoms with van der Waals surface area (Å²) >= 11 is 6.01. The highest BCUT2D eigenvalue weighted by molar-refractivity contribution is 6.31. The number of aryl methyl sites for hydroxylation is 1. The van der Waals surface area contributed by atoms with Gasteiger partial charge in [0.05, 0.1) is 5.56 Å². The summed E-state index contributed by atoms with van der Waals surface area (Å²) in [5, 5.41) is 5.94. The summed E-state index contributed by atoms with van der Waals surface area (Å²) in [7, 11) is 0. The number of cyclic esters (lactones) is 1. The van der Waals surface area contributed by atoms with Crippen LogP contribution in [0.2, 0.25) is 5.02 Å². The first kappa shape index (κ1) is 14.4. The summed E-state index contributed by atoms with van der Waals surface area (Å²) in [4.78, 5) is 23.5.